The van der Waals surface area contributed by atoms with Crippen molar-refractivity contribution in [3.05, 3.63) is 11.8 Å². The third-order valence-corrected chi connectivity index (χ3v) is 2.92. The summed E-state index contributed by atoms with van der Waals surface area (Å²) in [6.45, 7) is 6.65. The van der Waals surface area contributed by atoms with E-state index in [1.807, 2.05) is 11.7 Å². The van der Waals surface area contributed by atoms with Gasteiger partial charge in [-0.25, -0.2) is 0 Å². The molecular weight excluding hydrogens is 198 g/mol. The average molecular weight is 223 g/mol. The zero-order valence-electron chi connectivity index (χ0n) is 11.1. The van der Waals surface area contributed by atoms with E-state index in [4.69, 9.17) is 0 Å². The number of rotatable bonds is 7. The molecule has 0 amide bonds. The molecule has 0 bridgehead atoms. The second-order valence-electron chi connectivity index (χ2n) is 4.43. The fourth-order valence-corrected chi connectivity index (χ4v) is 1.98. The summed E-state index contributed by atoms with van der Waals surface area (Å²) in [6, 6.07) is 2.76. The lowest BCUT2D eigenvalue weighted by atomic mass is 10.1. The lowest BCUT2D eigenvalue weighted by Crippen LogP contribution is -2.19. The lowest BCUT2D eigenvalue weighted by molar-refractivity contribution is 0.611. The van der Waals surface area contributed by atoms with Crippen molar-refractivity contribution in [3.8, 4) is 0 Å². The molecule has 0 spiro atoms. The van der Waals surface area contributed by atoms with Gasteiger partial charge in [0.1, 0.15) is 5.82 Å². The smallest absolute Gasteiger partial charge is 0.124 e. The third-order valence-electron chi connectivity index (χ3n) is 2.92. The number of anilines is 1. The van der Waals surface area contributed by atoms with E-state index in [1.165, 1.54) is 25.0 Å². The molecular formula is C13H25N3. The maximum Gasteiger partial charge on any atom is 0.124 e. The van der Waals surface area contributed by atoms with Crippen LogP contribution in [0.5, 0.6) is 0 Å². The fourth-order valence-electron chi connectivity index (χ4n) is 1.98. The van der Waals surface area contributed by atoms with Crippen molar-refractivity contribution in [2.45, 2.75) is 58.9 Å². The summed E-state index contributed by atoms with van der Waals surface area (Å²) in [5.41, 5.74) is 1.19. The quantitative estimate of drug-likeness (QED) is 0.768. The number of hydrogen-bond donors (Lipinski definition) is 1. The predicted molar refractivity (Wildman–Crippen MR) is 69.8 cm³/mol. The molecule has 0 saturated heterocycles. The van der Waals surface area contributed by atoms with Gasteiger partial charge in [0.25, 0.3) is 0 Å². The van der Waals surface area contributed by atoms with Gasteiger partial charge >= 0.3 is 0 Å². The summed E-state index contributed by atoms with van der Waals surface area (Å²) in [5, 5.41) is 8.08. The highest BCUT2D eigenvalue weighted by molar-refractivity contribution is 5.38. The monoisotopic (exact) mass is 223 g/mol. The third kappa shape index (κ3) is 3.54. The van der Waals surface area contributed by atoms with Crippen molar-refractivity contribution in [1.82, 2.24) is 9.78 Å². The molecule has 1 N–H and O–H groups in total. The zero-order chi connectivity index (χ0) is 12.0. The van der Waals surface area contributed by atoms with E-state index >= 15 is 0 Å². The van der Waals surface area contributed by atoms with Crippen LogP contribution in [0.1, 0.15) is 52.1 Å². The Morgan fingerprint density at radius 3 is 2.62 bits per heavy atom. The number of aromatic nitrogens is 2. The summed E-state index contributed by atoms with van der Waals surface area (Å²) in [5.74, 6) is 1.16. The predicted octanol–water partition coefficient (Wildman–Crippen LogP) is 3.36. The van der Waals surface area contributed by atoms with Crippen LogP contribution >= 0.6 is 0 Å². The van der Waals surface area contributed by atoms with Crippen LogP contribution in [0.25, 0.3) is 0 Å². The Bertz CT molecular complexity index is 304. The van der Waals surface area contributed by atoms with Crippen molar-refractivity contribution >= 4 is 5.82 Å². The van der Waals surface area contributed by atoms with Crippen molar-refractivity contribution in [3.63, 3.8) is 0 Å². The zero-order valence-corrected chi connectivity index (χ0v) is 11.1. The molecule has 0 aliphatic rings. The van der Waals surface area contributed by atoms with E-state index in [1.54, 1.807) is 0 Å². The first-order valence-electron chi connectivity index (χ1n) is 6.50. The molecule has 0 saturated carbocycles. The topological polar surface area (TPSA) is 29.9 Å². The SMILES string of the molecule is CCCc1cc(NC(CC)CCC)n(C)n1. The molecule has 3 nitrogen and oxygen atoms in total. The first-order chi connectivity index (χ1) is 7.71. The van der Waals surface area contributed by atoms with Crippen LogP contribution < -0.4 is 5.32 Å². The maximum atomic E-state index is 4.50. The van der Waals surface area contributed by atoms with Crippen LogP contribution in [0, 0.1) is 0 Å². The van der Waals surface area contributed by atoms with Crippen LogP contribution in [-0.2, 0) is 13.5 Å². The number of nitrogens with zero attached hydrogens (tertiary/aromatic N) is 2. The molecule has 16 heavy (non-hydrogen) atoms. The number of hydrogen-bond acceptors (Lipinski definition) is 2. The Morgan fingerprint density at radius 1 is 1.31 bits per heavy atom. The Labute approximate surface area is 99.2 Å². The van der Waals surface area contributed by atoms with Gasteiger partial charge in [0, 0.05) is 19.2 Å². The highest BCUT2D eigenvalue weighted by Crippen LogP contribution is 2.15. The van der Waals surface area contributed by atoms with Gasteiger partial charge in [-0.15, -0.1) is 0 Å². The van der Waals surface area contributed by atoms with Gasteiger partial charge < -0.3 is 5.32 Å². The van der Waals surface area contributed by atoms with Crippen LogP contribution in [0.2, 0.25) is 0 Å². The second kappa shape index (κ2) is 6.56. The van der Waals surface area contributed by atoms with Gasteiger partial charge in [0.2, 0.25) is 0 Å². The molecule has 0 aromatic carbocycles. The molecule has 0 radical (unpaired) electrons. The van der Waals surface area contributed by atoms with E-state index in [9.17, 15) is 0 Å². The van der Waals surface area contributed by atoms with Gasteiger partial charge in [-0.2, -0.15) is 5.10 Å². The molecule has 1 heterocycles. The summed E-state index contributed by atoms with van der Waals surface area (Å²) in [7, 11) is 2.01. The van der Waals surface area contributed by atoms with Crippen LogP contribution in [-0.4, -0.2) is 15.8 Å². The van der Waals surface area contributed by atoms with E-state index in [0.29, 0.717) is 6.04 Å². The van der Waals surface area contributed by atoms with E-state index in [2.05, 4.69) is 37.3 Å². The summed E-state index contributed by atoms with van der Waals surface area (Å²) >= 11 is 0. The molecule has 1 atom stereocenters. The van der Waals surface area contributed by atoms with Crippen molar-refractivity contribution < 1.29 is 0 Å². The van der Waals surface area contributed by atoms with Gasteiger partial charge in [0.05, 0.1) is 5.69 Å². The minimum Gasteiger partial charge on any atom is -0.368 e. The van der Waals surface area contributed by atoms with Gasteiger partial charge in [-0.3, -0.25) is 4.68 Å². The normalized spacial score (nSPS) is 12.8. The Kier molecular flexibility index (Phi) is 5.36. The molecule has 1 aromatic heterocycles. The molecule has 1 unspecified atom stereocenters. The van der Waals surface area contributed by atoms with Crippen LogP contribution in [0.4, 0.5) is 5.82 Å². The lowest BCUT2D eigenvalue weighted by Gasteiger charge is -2.16. The molecule has 1 rings (SSSR count). The van der Waals surface area contributed by atoms with Crippen LogP contribution in [0.3, 0.4) is 0 Å². The Morgan fingerprint density at radius 2 is 2.06 bits per heavy atom. The largest absolute Gasteiger partial charge is 0.368 e. The first kappa shape index (κ1) is 13.1. The molecule has 0 aliphatic carbocycles. The Balaban J connectivity index is 2.64. The molecule has 0 aliphatic heterocycles. The highest BCUT2D eigenvalue weighted by atomic mass is 15.3. The van der Waals surface area contributed by atoms with Gasteiger partial charge in [0.15, 0.2) is 0 Å². The van der Waals surface area contributed by atoms with Crippen molar-refractivity contribution in [2.24, 2.45) is 7.05 Å². The summed E-state index contributed by atoms with van der Waals surface area (Å²) in [6.07, 6.45) is 5.85. The fraction of sp³-hybridized carbons (Fsp3) is 0.769. The Hall–Kier alpha value is -0.990. The summed E-state index contributed by atoms with van der Waals surface area (Å²) in [4.78, 5) is 0. The molecule has 1 aromatic rings. The van der Waals surface area contributed by atoms with E-state index < -0.39 is 0 Å². The highest BCUT2D eigenvalue weighted by Gasteiger charge is 2.09. The maximum absolute atomic E-state index is 4.50. The average Bonchev–Trinajstić information content (AvgIpc) is 2.59. The number of nitrogens with one attached hydrogen (secondary N) is 1. The van der Waals surface area contributed by atoms with Gasteiger partial charge in [-0.05, 0) is 19.3 Å². The molecule has 0 fully saturated rings. The van der Waals surface area contributed by atoms with E-state index in [-0.39, 0.29) is 0 Å². The van der Waals surface area contributed by atoms with Crippen molar-refractivity contribution in [2.75, 3.05) is 5.32 Å². The van der Waals surface area contributed by atoms with Crippen molar-refractivity contribution in [1.29, 1.82) is 0 Å². The minimum atomic E-state index is 0.579. The second-order valence-corrected chi connectivity index (χ2v) is 4.43. The number of aryl methyl sites for hydroxylation is 2. The van der Waals surface area contributed by atoms with E-state index in [0.717, 1.165) is 18.7 Å². The summed E-state index contributed by atoms with van der Waals surface area (Å²) < 4.78 is 1.96. The first-order valence-corrected chi connectivity index (χ1v) is 6.50. The molecule has 92 valence electrons. The molecule has 3 heteroatoms. The standard InChI is InChI=1S/C13H25N3/c1-5-8-11(7-3)14-13-10-12(9-6-2)15-16(13)4/h10-11,14H,5-9H2,1-4H3. The van der Waals surface area contributed by atoms with Gasteiger partial charge in [-0.1, -0.05) is 33.6 Å². The van der Waals surface area contributed by atoms with Crippen LogP contribution in [0.15, 0.2) is 6.07 Å². The minimum absolute atomic E-state index is 0.579.